The van der Waals surface area contributed by atoms with E-state index < -0.39 is 5.60 Å². The molecule has 4 nitrogen and oxygen atoms in total. The molecule has 2 unspecified atom stereocenters. The average Bonchev–Trinajstić information content (AvgIpc) is 2.76. The van der Waals surface area contributed by atoms with Gasteiger partial charge in [0.2, 0.25) is 0 Å². The first-order chi connectivity index (χ1) is 7.28. The third-order valence-corrected chi connectivity index (χ3v) is 2.28. The van der Waals surface area contributed by atoms with Crippen LogP contribution in [0.15, 0.2) is 0 Å². The van der Waals surface area contributed by atoms with Crippen molar-refractivity contribution < 1.29 is 9.53 Å². The van der Waals surface area contributed by atoms with Gasteiger partial charge in [0.05, 0.1) is 0 Å². The van der Waals surface area contributed by atoms with Gasteiger partial charge in [-0.25, -0.2) is 4.79 Å². The quantitative estimate of drug-likeness (QED) is 0.772. The van der Waals surface area contributed by atoms with Crippen LogP contribution in [0.4, 0.5) is 4.79 Å². The number of hydrogen-bond acceptors (Lipinski definition) is 3. The lowest BCUT2D eigenvalue weighted by atomic mass is 10.2. The third-order valence-electron chi connectivity index (χ3n) is 2.28. The van der Waals surface area contributed by atoms with Gasteiger partial charge in [0.15, 0.2) is 0 Å². The molecule has 0 radical (unpaired) electrons. The molecule has 0 saturated heterocycles. The molecule has 16 heavy (non-hydrogen) atoms. The van der Waals surface area contributed by atoms with E-state index in [9.17, 15) is 4.79 Å². The number of rotatable bonds is 4. The summed E-state index contributed by atoms with van der Waals surface area (Å²) in [5.74, 6) is 0.641. The second kappa shape index (κ2) is 5.04. The molecule has 0 heterocycles. The Morgan fingerprint density at radius 2 is 2.00 bits per heavy atom. The van der Waals surface area contributed by atoms with Crippen LogP contribution in [0.25, 0.3) is 0 Å². The van der Waals surface area contributed by atoms with Crippen molar-refractivity contribution in [3.63, 3.8) is 0 Å². The minimum Gasteiger partial charge on any atom is -0.444 e. The fourth-order valence-corrected chi connectivity index (χ4v) is 1.43. The normalized spacial score (nSPS) is 24.4. The van der Waals surface area contributed by atoms with E-state index in [1.165, 1.54) is 0 Å². The predicted molar refractivity (Wildman–Crippen MR) is 64.4 cm³/mol. The number of carbonyl (C=O) groups excluding carboxylic acids is 1. The zero-order valence-electron chi connectivity index (χ0n) is 11.0. The molecule has 2 atom stereocenters. The van der Waals surface area contributed by atoms with E-state index in [-0.39, 0.29) is 12.1 Å². The number of ether oxygens (including phenoxy) is 1. The van der Waals surface area contributed by atoms with Crippen molar-refractivity contribution in [2.45, 2.75) is 58.7 Å². The average molecular weight is 228 g/mol. The minimum atomic E-state index is -0.417. The Morgan fingerprint density at radius 3 is 2.50 bits per heavy atom. The summed E-state index contributed by atoms with van der Waals surface area (Å²) in [7, 11) is 0. The van der Waals surface area contributed by atoms with Crippen molar-refractivity contribution in [1.29, 1.82) is 0 Å². The van der Waals surface area contributed by atoms with Crippen LogP contribution in [-0.2, 0) is 4.74 Å². The molecule has 0 bridgehead atoms. The molecule has 0 spiro atoms. The molecule has 1 amide bonds. The van der Waals surface area contributed by atoms with Gasteiger partial charge in [-0.1, -0.05) is 13.8 Å². The lowest BCUT2D eigenvalue weighted by molar-refractivity contribution is 0.0522. The highest BCUT2D eigenvalue weighted by Crippen LogP contribution is 2.22. The summed E-state index contributed by atoms with van der Waals surface area (Å²) in [6.07, 6.45) is 0.692. The van der Waals surface area contributed by atoms with E-state index in [0.717, 1.165) is 13.0 Å². The number of alkyl carbamates (subject to hydrolysis) is 1. The molecule has 1 aliphatic rings. The van der Waals surface area contributed by atoms with E-state index in [2.05, 4.69) is 24.5 Å². The van der Waals surface area contributed by atoms with Crippen molar-refractivity contribution in [2.75, 3.05) is 6.54 Å². The topological polar surface area (TPSA) is 50.4 Å². The van der Waals surface area contributed by atoms with Crippen LogP contribution in [-0.4, -0.2) is 30.3 Å². The van der Waals surface area contributed by atoms with Gasteiger partial charge in [-0.15, -0.1) is 0 Å². The summed E-state index contributed by atoms with van der Waals surface area (Å²) in [6, 6.07) is 0.670. The lowest BCUT2D eigenvalue weighted by Crippen LogP contribution is -2.37. The van der Waals surface area contributed by atoms with Crippen LogP contribution in [0.1, 0.15) is 41.0 Å². The fourth-order valence-electron chi connectivity index (χ4n) is 1.43. The van der Waals surface area contributed by atoms with Gasteiger partial charge in [0, 0.05) is 12.1 Å². The summed E-state index contributed by atoms with van der Waals surface area (Å²) in [5, 5.41) is 6.26. The molecule has 4 heteroatoms. The fraction of sp³-hybridized carbons (Fsp3) is 0.917. The van der Waals surface area contributed by atoms with Gasteiger partial charge in [0.1, 0.15) is 5.60 Å². The van der Waals surface area contributed by atoms with Gasteiger partial charge in [-0.2, -0.15) is 0 Å². The molecule has 0 aliphatic heterocycles. The van der Waals surface area contributed by atoms with E-state index in [1.807, 2.05) is 20.8 Å². The molecule has 0 aromatic rings. The van der Waals surface area contributed by atoms with Crippen molar-refractivity contribution in [3.05, 3.63) is 0 Å². The maximum Gasteiger partial charge on any atom is 0.407 e. The van der Waals surface area contributed by atoms with Crippen LogP contribution >= 0.6 is 0 Å². The van der Waals surface area contributed by atoms with Gasteiger partial charge in [-0.05, 0) is 39.7 Å². The monoisotopic (exact) mass is 228 g/mol. The second-order valence-electron chi connectivity index (χ2n) is 5.90. The first kappa shape index (κ1) is 13.3. The number of nitrogens with one attached hydrogen (secondary N) is 2. The van der Waals surface area contributed by atoms with E-state index in [1.54, 1.807) is 0 Å². The molecule has 1 saturated carbocycles. The van der Waals surface area contributed by atoms with Crippen LogP contribution in [0.2, 0.25) is 0 Å². The Labute approximate surface area is 98.1 Å². The van der Waals surface area contributed by atoms with Gasteiger partial charge in [-0.3, -0.25) is 0 Å². The summed E-state index contributed by atoms with van der Waals surface area (Å²) >= 11 is 0. The highest BCUT2D eigenvalue weighted by Gasteiger charge is 2.38. The second-order valence-corrected chi connectivity index (χ2v) is 5.90. The largest absolute Gasteiger partial charge is 0.444 e. The predicted octanol–water partition coefficient (Wildman–Crippen LogP) is 1.90. The van der Waals surface area contributed by atoms with Crippen LogP contribution < -0.4 is 10.6 Å². The molecule has 1 fully saturated rings. The minimum absolute atomic E-state index is 0.244. The highest BCUT2D eigenvalue weighted by molar-refractivity contribution is 5.68. The first-order valence-corrected chi connectivity index (χ1v) is 6.01. The van der Waals surface area contributed by atoms with E-state index >= 15 is 0 Å². The van der Waals surface area contributed by atoms with Gasteiger partial charge < -0.3 is 15.4 Å². The Bertz CT molecular complexity index is 246. The maximum absolute atomic E-state index is 11.4. The number of amides is 1. The molecular weight excluding hydrogens is 204 g/mol. The van der Waals surface area contributed by atoms with Crippen molar-refractivity contribution >= 4 is 6.09 Å². The summed E-state index contributed by atoms with van der Waals surface area (Å²) in [4.78, 5) is 11.4. The SMILES string of the molecule is CC(C)CNC1CC1NC(=O)OC(C)(C)C. The standard InChI is InChI=1S/C12H24N2O2/c1-8(2)7-13-9-6-10(9)14-11(15)16-12(3,4)5/h8-10,13H,6-7H2,1-5H3,(H,14,15). The van der Waals surface area contributed by atoms with E-state index in [4.69, 9.17) is 4.74 Å². The van der Waals surface area contributed by atoms with Crippen LogP contribution in [0.5, 0.6) is 0 Å². The molecule has 2 N–H and O–H groups in total. The molecular formula is C12H24N2O2. The zero-order valence-corrected chi connectivity index (χ0v) is 11.0. The van der Waals surface area contributed by atoms with E-state index in [0.29, 0.717) is 12.0 Å². The molecule has 1 aliphatic carbocycles. The first-order valence-electron chi connectivity index (χ1n) is 6.01. The molecule has 1 rings (SSSR count). The van der Waals surface area contributed by atoms with Crippen molar-refractivity contribution in [3.8, 4) is 0 Å². The smallest absolute Gasteiger partial charge is 0.407 e. The molecule has 0 aromatic carbocycles. The Morgan fingerprint density at radius 1 is 1.38 bits per heavy atom. The summed E-state index contributed by atoms with van der Waals surface area (Å²) in [5.41, 5.74) is -0.417. The lowest BCUT2D eigenvalue weighted by Gasteiger charge is -2.19. The van der Waals surface area contributed by atoms with Gasteiger partial charge >= 0.3 is 6.09 Å². The maximum atomic E-state index is 11.4. The Kier molecular flexibility index (Phi) is 4.19. The highest BCUT2D eigenvalue weighted by atomic mass is 16.6. The number of carbonyl (C=O) groups is 1. The van der Waals surface area contributed by atoms with Crippen LogP contribution in [0.3, 0.4) is 0 Å². The third kappa shape index (κ3) is 5.35. The number of hydrogen-bond donors (Lipinski definition) is 2. The molecule has 94 valence electrons. The summed E-state index contributed by atoms with van der Waals surface area (Å²) in [6.45, 7) is 10.9. The Balaban J connectivity index is 2.14. The Hall–Kier alpha value is -0.770. The van der Waals surface area contributed by atoms with Gasteiger partial charge in [0.25, 0.3) is 0 Å². The van der Waals surface area contributed by atoms with Crippen LogP contribution in [0, 0.1) is 5.92 Å². The van der Waals surface area contributed by atoms with Crippen molar-refractivity contribution in [1.82, 2.24) is 10.6 Å². The van der Waals surface area contributed by atoms with Crippen molar-refractivity contribution in [2.24, 2.45) is 5.92 Å². The summed E-state index contributed by atoms with van der Waals surface area (Å²) < 4.78 is 5.18. The molecule has 0 aromatic heterocycles. The zero-order chi connectivity index (χ0) is 12.3.